The Bertz CT molecular complexity index is 1100. The number of fused-ring (bicyclic) bond motifs is 3. The highest BCUT2D eigenvalue weighted by Gasteiger charge is 2.18. The average molecular weight is 412 g/mol. The second kappa shape index (κ2) is 8.71. The number of nitrogens with one attached hydrogen (secondary N) is 1. The Hall–Kier alpha value is -2.77. The number of imidazole rings is 1. The molecule has 0 spiro atoms. The van der Waals surface area contributed by atoms with Gasteiger partial charge in [-0.05, 0) is 55.8 Å². The molecule has 2 aromatic carbocycles. The maximum Gasteiger partial charge on any atom is 0.197 e. The summed E-state index contributed by atoms with van der Waals surface area (Å²) in [5.41, 5.74) is 3.11. The third kappa shape index (κ3) is 3.88. The third-order valence-corrected chi connectivity index (χ3v) is 5.72. The summed E-state index contributed by atoms with van der Waals surface area (Å²) < 4.78 is 19.5. The number of nitrogens with zero attached hydrogens (tertiary/aromatic N) is 2. The lowest BCUT2D eigenvalue weighted by Crippen LogP contribution is -2.07. The smallest absolute Gasteiger partial charge is 0.197 e. The lowest BCUT2D eigenvalue weighted by atomic mass is 10.1. The van der Waals surface area contributed by atoms with Gasteiger partial charge in [0.25, 0.3) is 0 Å². The zero-order valence-corrected chi connectivity index (χ0v) is 17.7. The van der Waals surface area contributed by atoms with Crippen LogP contribution in [0.3, 0.4) is 0 Å². The van der Waals surface area contributed by atoms with Crippen LogP contribution in [0.5, 0.6) is 11.5 Å². The molecule has 1 N–H and O–H groups in total. The zero-order valence-electron chi connectivity index (χ0n) is 16.9. The van der Waals surface area contributed by atoms with Gasteiger partial charge in [-0.2, -0.15) is 0 Å². The van der Waals surface area contributed by atoms with E-state index in [0.29, 0.717) is 6.61 Å². The van der Waals surface area contributed by atoms with Gasteiger partial charge in [-0.1, -0.05) is 11.3 Å². The van der Waals surface area contributed by atoms with Crippen LogP contribution in [-0.2, 0) is 4.74 Å². The molecule has 0 aliphatic heterocycles. The fourth-order valence-electron chi connectivity index (χ4n) is 3.34. The molecular formula is C22H25N3O3S. The normalized spacial score (nSPS) is 11.3. The van der Waals surface area contributed by atoms with Crippen molar-refractivity contribution in [3.8, 4) is 22.8 Å². The molecule has 152 valence electrons. The minimum absolute atomic E-state index is 0.654. The first kappa shape index (κ1) is 19.5. The number of thiazole rings is 1. The molecule has 0 bridgehead atoms. The number of ether oxygens (including phenoxy) is 3. The molecule has 0 atom stereocenters. The lowest BCUT2D eigenvalue weighted by molar-refractivity contribution is 0.198. The van der Waals surface area contributed by atoms with Crippen LogP contribution in [-0.4, -0.2) is 43.4 Å². The van der Waals surface area contributed by atoms with Crippen LogP contribution in [0, 0.1) is 0 Å². The van der Waals surface area contributed by atoms with Gasteiger partial charge < -0.3 is 19.5 Å². The second-order valence-electron chi connectivity index (χ2n) is 6.59. The third-order valence-electron chi connectivity index (χ3n) is 4.71. The van der Waals surface area contributed by atoms with Crippen LogP contribution in [0.1, 0.15) is 13.3 Å². The number of hydrogen-bond donors (Lipinski definition) is 1. The van der Waals surface area contributed by atoms with E-state index in [4.69, 9.17) is 19.2 Å². The number of aromatic nitrogens is 2. The van der Waals surface area contributed by atoms with Crippen LogP contribution in [0.2, 0.25) is 0 Å². The van der Waals surface area contributed by atoms with E-state index in [-0.39, 0.29) is 0 Å². The molecule has 0 amide bonds. The predicted octanol–water partition coefficient (Wildman–Crippen LogP) is 5.07. The topological polar surface area (TPSA) is 57.0 Å². The molecular weight excluding hydrogens is 386 g/mol. The van der Waals surface area contributed by atoms with E-state index in [1.807, 2.05) is 25.1 Å². The van der Waals surface area contributed by atoms with E-state index >= 15 is 0 Å². The Morgan fingerprint density at radius 3 is 2.59 bits per heavy atom. The molecule has 0 radical (unpaired) electrons. The fraction of sp³-hybridized carbons (Fsp3) is 0.318. The molecule has 4 aromatic rings. The molecule has 0 aliphatic carbocycles. The SMILES string of the molecule is CCOc1ccc(-c2nc3sc4cc(OC)ccc4n3c2NCCCOC)cc1. The molecule has 7 heteroatoms. The quantitative estimate of drug-likeness (QED) is 0.390. The summed E-state index contributed by atoms with van der Waals surface area (Å²) in [6.45, 7) is 4.16. The van der Waals surface area contributed by atoms with E-state index in [9.17, 15) is 0 Å². The fourth-order valence-corrected chi connectivity index (χ4v) is 4.39. The Morgan fingerprint density at radius 1 is 1.07 bits per heavy atom. The van der Waals surface area contributed by atoms with E-state index in [2.05, 4.69) is 34.0 Å². The molecule has 0 unspecified atom stereocenters. The van der Waals surface area contributed by atoms with Crippen molar-refractivity contribution in [2.45, 2.75) is 13.3 Å². The number of anilines is 1. The molecule has 0 fully saturated rings. The summed E-state index contributed by atoms with van der Waals surface area (Å²) in [4.78, 5) is 5.91. The molecule has 0 saturated heterocycles. The van der Waals surface area contributed by atoms with Crippen molar-refractivity contribution < 1.29 is 14.2 Å². The van der Waals surface area contributed by atoms with Crippen LogP contribution in [0.4, 0.5) is 5.82 Å². The van der Waals surface area contributed by atoms with Crippen molar-refractivity contribution in [2.75, 3.05) is 39.3 Å². The predicted molar refractivity (Wildman–Crippen MR) is 119 cm³/mol. The van der Waals surface area contributed by atoms with E-state index in [1.165, 1.54) is 0 Å². The van der Waals surface area contributed by atoms with Crippen molar-refractivity contribution in [1.82, 2.24) is 9.38 Å². The molecule has 4 rings (SSSR count). The first-order chi connectivity index (χ1) is 14.2. The largest absolute Gasteiger partial charge is 0.497 e. The highest BCUT2D eigenvalue weighted by atomic mass is 32.1. The molecule has 29 heavy (non-hydrogen) atoms. The first-order valence-electron chi connectivity index (χ1n) is 9.70. The van der Waals surface area contributed by atoms with Gasteiger partial charge in [-0.25, -0.2) is 4.98 Å². The summed E-state index contributed by atoms with van der Waals surface area (Å²) in [5, 5.41) is 3.58. The van der Waals surface area contributed by atoms with Gasteiger partial charge in [0.1, 0.15) is 23.0 Å². The van der Waals surface area contributed by atoms with Gasteiger partial charge in [-0.3, -0.25) is 4.40 Å². The highest BCUT2D eigenvalue weighted by Crippen LogP contribution is 2.37. The van der Waals surface area contributed by atoms with E-state index in [0.717, 1.165) is 63.3 Å². The summed E-state index contributed by atoms with van der Waals surface area (Å²) in [5.74, 6) is 2.71. The molecule has 0 saturated carbocycles. The van der Waals surface area contributed by atoms with Crippen molar-refractivity contribution in [1.29, 1.82) is 0 Å². The van der Waals surface area contributed by atoms with Crippen molar-refractivity contribution in [3.05, 3.63) is 42.5 Å². The summed E-state index contributed by atoms with van der Waals surface area (Å²) in [6.07, 6.45) is 0.919. The number of benzene rings is 2. The van der Waals surface area contributed by atoms with Gasteiger partial charge in [0, 0.05) is 25.8 Å². The number of methoxy groups -OCH3 is 2. The maximum absolute atomic E-state index is 5.58. The van der Waals surface area contributed by atoms with Crippen LogP contribution in [0.25, 0.3) is 26.4 Å². The monoisotopic (exact) mass is 411 g/mol. The molecule has 2 aromatic heterocycles. The van der Waals surface area contributed by atoms with Crippen molar-refractivity contribution in [3.63, 3.8) is 0 Å². The van der Waals surface area contributed by atoms with Crippen LogP contribution < -0.4 is 14.8 Å². The van der Waals surface area contributed by atoms with Gasteiger partial charge >= 0.3 is 0 Å². The second-order valence-corrected chi connectivity index (χ2v) is 7.60. The summed E-state index contributed by atoms with van der Waals surface area (Å²) >= 11 is 1.66. The Balaban J connectivity index is 1.79. The number of hydrogen-bond acceptors (Lipinski definition) is 6. The highest BCUT2D eigenvalue weighted by molar-refractivity contribution is 7.23. The maximum atomic E-state index is 5.58. The van der Waals surface area contributed by atoms with Gasteiger partial charge in [0.15, 0.2) is 4.96 Å². The summed E-state index contributed by atoms with van der Waals surface area (Å²) in [7, 11) is 3.41. The van der Waals surface area contributed by atoms with E-state index in [1.54, 1.807) is 25.6 Å². The van der Waals surface area contributed by atoms with Gasteiger partial charge in [0.2, 0.25) is 0 Å². The standard InChI is InChI=1S/C22H25N3O3S/c1-4-28-16-8-6-15(7-9-16)20-21(23-12-5-13-26-2)25-18-11-10-17(27-3)14-19(18)29-22(25)24-20/h6-11,14,23H,4-5,12-13H2,1-3H3. The molecule has 6 nitrogen and oxygen atoms in total. The first-order valence-corrected chi connectivity index (χ1v) is 10.5. The minimum Gasteiger partial charge on any atom is -0.497 e. The Kier molecular flexibility index (Phi) is 5.87. The lowest BCUT2D eigenvalue weighted by Gasteiger charge is -2.10. The molecule has 2 heterocycles. The van der Waals surface area contributed by atoms with Crippen LogP contribution in [0.15, 0.2) is 42.5 Å². The Morgan fingerprint density at radius 2 is 1.86 bits per heavy atom. The van der Waals surface area contributed by atoms with Gasteiger partial charge in [-0.15, -0.1) is 0 Å². The molecule has 0 aliphatic rings. The van der Waals surface area contributed by atoms with Crippen molar-refractivity contribution in [2.24, 2.45) is 0 Å². The average Bonchev–Trinajstić information content (AvgIpc) is 3.27. The number of rotatable bonds is 9. The zero-order chi connectivity index (χ0) is 20.2. The van der Waals surface area contributed by atoms with Crippen molar-refractivity contribution >= 4 is 32.3 Å². The van der Waals surface area contributed by atoms with E-state index < -0.39 is 0 Å². The summed E-state index contributed by atoms with van der Waals surface area (Å²) in [6, 6.07) is 14.2. The minimum atomic E-state index is 0.654. The van der Waals surface area contributed by atoms with Crippen LogP contribution >= 0.6 is 11.3 Å². The van der Waals surface area contributed by atoms with Gasteiger partial charge in [0.05, 0.1) is 23.9 Å². The Labute approximate surface area is 174 Å².